The number of aromatic nitrogens is 2. The highest BCUT2D eigenvalue weighted by Gasteiger charge is 2.55. The van der Waals surface area contributed by atoms with Crippen molar-refractivity contribution in [2.45, 2.75) is 65.8 Å². The molecular weight excluding hydrogens is 451 g/mol. The van der Waals surface area contributed by atoms with Gasteiger partial charge in [0.05, 0.1) is 35.2 Å². The highest BCUT2D eigenvalue weighted by Crippen LogP contribution is 2.56. The predicted molar refractivity (Wildman–Crippen MR) is 123 cm³/mol. The molecule has 2 aliphatic carbocycles. The van der Waals surface area contributed by atoms with Crippen LogP contribution in [0, 0.1) is 0 Å². The average Bonchev–Trinajstić information content (AvgIpc) is 3.52. The number of nitrogens with zero attached hydrogens (tertiary/aromatic N) is 3. The van der Waals surface area contributed by atoms with Crippen LogP contribution in [-0.4, -0.2) is 55.9 Å². The molecule has 6 rings (SSSR count). The summed E-state index contributed by atoms with van der Waals surface area (Å²) in [6.07, 6.45) is 3.27. The number of anilines is 2. The van der Waals surface area contributed by atoms with E-state index in [1.807, 2.05) is 17.0 Å². The zero-order valence-electron chi connectivity index (χ0n) is 17.6. The van der Waals surface area contributed by atoms with Gasteiger partial charge in [-0.15, -0.1) is 0 Å². The molecule has 5 unspecified atom stereocenters. The molecular formula is C23H26ClFN4O2S. The van der Waals surface area contributed by atoms with E-state index in [-0.39, 0.29) is 30.2 Å². The van der Waals surface area contributed by atoms with Crippen molar-refractivity contribution < 1.29 is 13.7 Å². The van der Waals surface area contributed by atoms with Gasteiger partial charge in [-0.1, -0.05) is 23.7 Å². The maximum absolute atomic E-state index is 15.3. The fourth-order valence-electron chi connectivity index (χ4n) is 5.33. The second-order valence-corrected chi connectivity index (χ2v) is 11.6. The number of alkyl halides is 1. The Morgan fingerprint density at radius 2 is 2.03 bits per heavy atom. The van der Waals surface area contributed by atoms with E-state index < -0.39 is 22.5 Å². The van der Waals surface area contributed by atoms with E-state index in [1.165, 1.54) is 0 Å². The van der Waals surface area contributed by atoms with E-state index in [9.17, 15) is 9.32 Å². The third-order valence-electron chi connectivity index (χ3n) is 7.56. The van der Waals surface area contributed by atoms with Crippen LogP contribution in [0.2, 0.25) is 5.02 Å². The van der Waals surface area contributed by atoms with Crippen molar-refractivity contribution in [3.63, 3.8) is 0 Å². The van der Waals surface area contributed by atoms with Gasteiger partial charge < -0.3 is 15.3 Å². The molecule has 0 bridgehead atoms. The predicted octanol–water partition coefficient (Wildman–Crippen LogP) is 3.77. The molecule has 5 atom stereocenters. The monoisotopic (exact) mass is 476 g/mol. The fraction of sp³-hybridized carbons (Fsp3) is 0.565. The Kier molecular flexibility index (Phi) is 4.97. The molecule has 2 aliphatic heterocycles. The van der Waals surface area contributed by atoms with Gasteiger partial charge in [0.2, 0.25) is 5.95 Å². The summed E-state index contributed by atoms with van der Waals surface area (Å²) in [6.45, 7) is 0.877. The van der Waals surface area contributed by atoms with Crippen molar-refractivity contribution in [3.8, 4) is 0 Å². The number of rotatable bonds is 5. The number of fused-ring (bicyclic) bond motifs is 3. The zero-order valence-corrected chi connectivity index (χ0v) is 19.2. The topological polar surface area (TPSA) is 78.3 Å². The lowest BCUT2D eigenvalue weighted by Gasteiger charge is -2.42. The highest BCUT2D eigenvalue weighted by molar-refractivity contribution is 7.86. The van der Waals surface area contributed by atoms with Crippen molar-refractivity contribution in [2.75, 3.05) is 29.9 Å². The minimum Gasteiger partial charge on any atom is -0.394 e. The number of halogens is 2. The highest BCUT2D eigenvalue weighted by atomic mass is 35.5. The molecule has 2 aromatic rings. The molecule has 3 heterocycles. The second kappa shape index (κ2) is 7.64. The van der Waals surface area contributed by atoms with Crippen LogP contribution in [0.3, 0.4) is 0 Å². The Morgan fingerprint density at radius 1 is 1.25 bits per heavy atom. The van der Waals surface area contributed by atoms with E-state index in [0.717, 1.165) is 36.9 Å². The summed E-state index contributed by atoms with van der Waals surface area (Å²) in [4.78, 5) is 12.1. The summed E-state index contributed by atoms with van der Waals surface area (Å²) in [6, 6.07) is 7.42. The van der Waals surface area contributed by atoms with Crippen molar-refractivity contribution in [2.24, 2.45) is 0 Å². The number of benzene rings is 1. The summed E-state index contributed by atoms with van der Waals surface area (Å²) < 4.78 is 28.2. The number of aliphatic hydroxyl groups excluding tert-OH is 1. The molecule has 170 valence electrons. The Balaban J connectivity index is 1.29. The molecule has 0 amide bonds. The van der Waals surface area contributed by atoms with Crippen LogP contribution in [0.4, 0.5) is 16.2 Å². The number of piperidine rings is 1. The SMILES string of the molecule is O=S1c2c(NC3(CO)CCC3)nc(N3CCC(c4ccc(Cl)cc4)C(F)C3)nc2C2CC21. The maximum Gasteiger partial charge on any atom is 0.227 e. The van der Waals surface area contributed by atoms with E-state index in [2.05, 4.69) is 5.32 Å². The normalized spacial score (nSPS) is 32.1. The van der Waals surface area contributed by atoms with Crippen LogP contribution in [0.25, 0.3) is 0 Å². The van der Waals surface area contributed by atoms with Crippen LogP contribution in [0.5, 0.6) is 0 Å². The van der Waals surface area contributed by atoms with Crippen LogP contribution in [0.15, 0.2) is 29.2 Å². The van der Waals surface area contributed by atoms with Gasteiger partial charge in [-0.2, -0.15) is 4.98 Å². The van der Waals surface area contributed by atoms with Gasteiger partial charge >= 0.3 is 0 Å². The number of nitrogens with one attached hydrogen (secondary N) is 1. The van der Waals surface area contributed by atoms with Crippen molar-refractivity contribution in [1.29, 1.82) is 0 Å². The van der Waals surface area contributed by atoms with E-state index in [1.54, 1.807) is 12.1 Å². The maximum atomic E-state index is 15.3. The van der Waals surface area contributed by atoms with Crippen molar-refractivity contribution in [1.82, 2.24) is 9.97 Å². The standard InChI is InChI=1S/C23H26ClFN4O2S/c24-14-4-2-13(3-5-14)15-6-9-29(11-17(15)25)22-26-19-16-10-18(16)32(31)20(19)21(27-22)28-23(12-30)7-1-8-23/h2-5,15-18,30H,1,6-12H2,(H,26,27,28). The lowest BCUT2D eigenvalue weighted by Crippen LogP contribution is -2.49. The number of aliphatic hydroxyl groups is 1. The molecule has 32 heavy (non-hydrogen) atoms. The quantitative estimate of drug-likeness (QED) is 0.684. The Labute approximate surface area is 194 Å². The molecule has 4 aliphatic rings. The first-order valence-corrected chi connectivity index (χ1v) is 12.9. The minimum absolute atomic E-state index is 0.0135. The van der Waals surface area contributed by atoms with E-state index in [4.69, 9.17) is 21.6 Å². The Bertz CT molecular complexity index is 1070. The zero-order chi connectivity index (χ0) is 22.0. The molecule has 3 fully saturated rings. The first kappa shape index (κ1) is 20.8. The van der Waals surface area contributed by atoms with Crippen LogP contribution in [-0.2, 0) is 10.8 Å². The average molecular weight is 477 g/mol. The van der Waals surface area contributed by atoms with E-state index >= 15 is 4.39 Å². The third kappa shape index (κ3) is 3.33. The first-order valence-electron chi connectivity index (χ1n) is 11.3. The minimum atomic E-state index is -1.12. The van der Waals surface area contributed by atoms with Crippen LogP contribution >= 0.6 is 11.6 Å². The molecule has 2 saturated carbocycles. The molecule has 1 aromatic heterocycles. The third-order valence-corrected chi connectivity index (χ3v) is 9.69. The van der Waals surface area contributed by atoms with Crippen LogP contribution < -0.4 is 10.2 Å². The fourth-order valence-corrected chi connectivity index (χ4v) is 7.26. The number of hydrogen-bond acceptors (Lipinski definition) is 6. The molecule has 1 aromatic carbocycles. The van der Waals surface area contributed by atoms with Crippen LogP contribution in [0.1, 0.15) is 55.2 Å². The van der Waals surface area contributed by atoms with Gasteiger partial charge in [0.15, 0.2) is 0 Å². The van der Waals surface area contributed by atoms with Gasteiger partial charge in [0.1, 0.15) is 16.9 Å². The van der Waals surface area contributed by atoms with E-state index in [0.29, 0.717) is 34.6 Å². The first-order chi connectivity index (χ1) is 15.5. The second-order valence-electron chi connectivity index (χ2n) is 9.59. The molecule has 0 radical (unpaired) electrons. The smallest absolute Gasteiger partial charge is 0.227 e. The molecule has 6 nitrogen and oxygen atoms in total. The van der Waals surface area contributed by atoms with Gasteiger partial charge in [-0.05, 0) is 49.8 Å². The molecule has 0 spiro atoms. The lowest BCUT2D eigenvalue weighted by atomic mass is 9.77. The largest absolute Gasteiger partial charge is 0.394 e. The Hall–Kier alpha value is -1.77. The van der Waals surface area contributed by atoms with Gasteiger partial charge in [0.25, 0.3) is 0 Å². The lowest BCUT2D eigenvalue weighted by molar-refractivity contribution is 0.143. The van der Waals surface area contributed by atoms with Gasteiger partial charge in [0, 0.05) is 28.7 Å². The summed E-state index contributed by atoms with van der Waals surface area (Å²) in [7, 11) is -1.12. The van der Waals surface area contributed by atoms with Gasteiger partial charge in [-0.3, -0.25) is 4.21 Å². The van der Waals surface area contributed by atoms with Gasteiger partial charge in [-0.25, -0.2) is 9.37 Å². The summed E-state index contributed by atoms with van der Waals surface area (Å²) in [5, 5.41) is 14.1. The number of hydrogen-bond donors (Lipinski definition) is 2. The molecule has 9 heteroatoms. The molecule has 2 N–H and O–H groups in total. The summed E-state index contributed by atoms with van der Waals surface area (Å²) in [5.41, 5.74) is 1.41. The Morgan fingerprint density at radius 3 is 2.69 bits per heavy atom. The summed E-state index contributed by atoms with van der Waals surface area (Å²) in [5.74, 6) is 1.11. The summed E-state index contributed by atoms with van der Waals surface area (Å²) >= 11 is 5.99. The van der Waals surface area contributed by atoms with Crippen molar-refractivity contribution >= 4 is 34.2 Å². The molecule has 1 saturated heterocycles. The van der Waals surface area contributed by atoms with Crippen molar-refractivity contribution in [3.05, 3.63) is 40.5 Å².